The van der Waals surface area contributed by atoms with Gasteiger partial charge in [-0.2, -0.15) is 0 Å². The molecule has 0 bridgehead atoms. The van der Waals surface area contributed by atoms with Gasteiger partial charge in [-0.05, 0) is 143 Å². The Hall–Kier alpha value is -8.50. The molecule has 0 aliphatic carbocycles. The number of nitrogens with one attached hydrogen (secondary N) is 6. The second kappa shape index (κ2) is 34.7. The second-order valence-electron chi connectivity index (χ2n) is 31.5. The fourth-order valence-electron chi connectivity index (χ4n) is 17.4. The molecule has 3 saturated heterocycles. The highest BCUT2D eigenvalue weighted by atomic mass is 19.3. The summed E-state index contributed by atoms with van der Waals surface area (Å²) in [5, 5.41) is 20.6. The minimum atomic E-state index is -3.08. The second-order valence-corrected chi connectivity index (χ2v) is 31.5. The summed E-state index contributed by atoms with van der Waals surface area (Å²) in [7, 11) is 0. The number of aliphatic hydroxyl groups is 1. The van der Waals surface area contributed by atoms with Crippen LogP contribution in [0.25, 0.3) is 32.7 Å². The van der Waals surface area contributed by atoms with Gasteiger partial charge in [0.05, 0.1) is 76.0 Å². The molecule has 0 amide bonds. The van der Waals surface area contributed by atoms with Crippen molar-refractivity contribution in [3.05, 3.63) is 194 Å². The maximum Gasteiger partial charge on any atom is 0.260 e. The SMILES string of the molecule is C#C[C@@](F)(CO)CN1[C@H](c2c(F)cc(NC3CN(CCCF)C3)cc2F)c2[nH]c3ccccc3c2C[C@H]1C.CCC(F)(F)CN1[C@@H](c2c(F)cc(NC3CN(CCCF)C3)cc2F)c2[nH]c3cccc(F)c3c2C[C@@H]1C.CCC(F)(F)CN1[C@H](c2c(F)cc(NC3CN(CCCF)C3)cc2F)c2[nH]c3cccc(F)c3c2C[C@H]1C. The Balaban J connectivity index is 0.000000149. The van der Waals surface area contributed by atoms with Gasteiger partial charge in [-0.25, -0.2) is 57.1 Å². The number of aliphatic hydroxyl groups excluding tert-OH is 1. The highest BCUT2D eigenvalue weighted by molar-refractivity contribution is 5.88. The Morgan fingerprint density at radius 3 is 1.09 bits per heavy atom. The Morgan fingerprint density at radius 1 is 0.439 bits per heavy atom. The molecule has 3 aromatic heterocycles. The number of likely N-dealkylation sites (tertiary alicyclic amines) is 3. The number of terminal acetylenes is 1. The zero-order chi connectivity index (χ0) is 81.4. The van der Waals surface area contributed by atoms with Crippen LogP contribution in [0.5, 0.6) is 0 Å². The van der Waals surface area contributed by atoms with Gasteiger partial charge in [0.1, 0.15) is 46.5 Å². The first-order valence-electron chi connectivity index (χ1n) is 39.1. The van der Waals surface area contributed by atoms with E-state index in [9.17, 15) is 44.6 Å². The molecule has 3 fully saturated rings. The molecule has 6 aliphatic rings. The summed E-state index contributed by atoms with van der Waals surface area (Å²) in [6.45, 7) is 9.99. The molecule has 29 heteroatoms. The summed E-state index contributed by atoms with van der Waals surface area (Å²) in [4.78, 5) is 20.1. The summed E-state index contributed by atoms with van der Waals surface area (Å²) < 4.78 is 235. The largest absolute Gasteiger partial charge is 0.392 e. The third-order valence-electron chi connectivity index (χ3n) is 23.3. The topological polar surface area (TPSA) is 123 Å². The molecular formula is C85H96F16N12O. The average molecular weight is 1610 g/mol. The third kappa shape index (κ3) is 17.5. The summed E-state index contributed by atoms with van der Waals surface area (Å²) >= 11 is 0. The van der Waals surface area contributed by atoms with E-state index in [1.807, 2.05) is 46.9 Å². The number of para-hydroxylation sites is 1. The van der Waals surface area contributed by atoms with Crippen LogP contribution in [0, 0.1) is 58.9 Å². The van der Waals surface area contributed by atoms with Gasteiger partial charge in [-0.15, -0.1) is 6.42 Å². The van der Waals surface area contributed by atoms with Crippen molar-refractivity contribution in [2.24, 2.45) is 0 Å². The molecule has 9 aromatic rings. The molecule has 7 N–H and O–H groups in total. The maximum atomic E-state index is 15.8. The minimum absolute atomic E-state index is 0.0121. The molecule has 7 atom stereocenters. The number of hydrogen-bond acceptors (Lipinski definition) is 10. The van der Waals surface area contributed by atoms with Crippen molar-refractivity contribution in [3.8, 4) is 12.3 Å². The van der Waals surface area contributed by atoms with Crippen LogP contribution >= 0.6 is 0 Å². The van der Waals surface area contributed by atoms with E-state index in [-0.39, 0.29) is 71.7 Å². The molecule has 9 heterocycles. The third-order valence-corrected chi connectivity index (χ3v) is 23.3. The summed E-state index contributed by atoms with van der Waals surface area (Å²) in [5.41, 5.74) is 2.54. The van der Waals surface area contributed by atoms with Gasteiger partial charge in [-0.3, -0.25) is 42.6 Å². The zero-order valence-electron chi connectivity index (χ0n) is 64.2. The van der Waals surface area contributed by atoms with Crippen LogP contribution in [-0.2, 0) is 19.3 Å². The molecule has 13 nitrogen and oxygen atoms in total. The smallest absolute Gasteiger partial charge is 0.260 e. The highest BCUT2D eigenvalue weighted by Gasteiger charge is 2.48. The number of hydrogen-bond donors (Lipinski definition) is 7. The number of aromatic amines is 3. The lowest BCUT2D eigenvalue weighted by atomic mass is 9.87. The predicted molar refractivity (Wildman–Crippen MR) is 413 cm³/mol. The van der Waals surface area contributed by atoms with Crippen molar-refractivity contribution >= 4 is 49.8 Å². The van der Waals surface area contributed by atoms with Crippen LogP contribution in [0.2, 0.25) is 0 Å². The molecule has 0 unspecified atom stereocenters. The number of alkyl halides is 8. The van der Waals surface area contributed by atoms with E-state index in [0.29, 0.717) is 140 Å². The summed E-state index contributed by atoms with van der Waals surface area (Å²) in [6, 6.07) is 19.1. The van der Waals surface area contributed by atoms with Crippen LogP contribution < -0.4 is 16.0 Å². The number of rotatable bonds is 27. The Morgan fingerprint density at radius 2 is 0.754 bits per heavy atom. The first kappa shape index (κ1) is 83.4. The number of halogens is 16. The lowest BCUT2D eigenvalue weighted by Crippen LogP contribution is -2.54. The van der Waals surface area contributed by atoms with Crippen LogP contribution in [-0.4, -0.2) is 208 Å². The maximum absolute atomic E-state index is 15.8. The number of anilines is 3. The van der Waals surface area contributed by atoms with Crippen molar-refractivity contribution in [1.82, 2.24) is 44.4 Å². The first-order chi connectivity index (χ1) is 54.5. The Labute approximate surface area is 652 Å². The molecular weight excluding hydrogens is 1510 g/mol. The van der Waals surface area contributed by atoms with Gasteiger partial charge < -0.3 is 36.0 Å². The van der Waals surface area contributed by atoms with E-state index in [2.05, 4.69) is 35.8 Å². The van der Waals surface area contributed by atoms with Crippen molar-refractivity contribution in [2.45, 2.75) is 158 Å². The summed E-state index contributed by atoms with van der Waals surface area (Å²) in [6.07, 6.45) is 6.95. The quantitative estimate of drug-likeness (QED) is 0.0198. The van der Waals surface area contributed by atoms with Crippen LogP contribution in [0.1, 0.15) is 135 Å². The van der Waals surface area contributed by atoms with E-state index in [1.54, 1.807) is 30.9 Å². The van der Waals surface area contributed by atoms with Gasteiger partial charge in [0, 0.05) is 180 Å². The van der Waals surface area contributed by atoms with Gasteiger partial charge in [-0.1, -0.05) is 50.1 Å². The van der Waals surface area contributed by atoms with Crippen LogP contribution in [0.4, 0.5) is 87.3 Å². The standard InChI is InChI=1S/C29H32F4N4O.2C28H32F6N4/c1-3-29(33,17-38)16-37-18(2)11-22-21-7-4-5-8-25(21)35-27(22)28(37)26-23(31)12-19(13-24(26)32)34-20-14-36(15-20)10-6-9-30;2*1-3-28(33,34)15-38-16(2)10-19-24-20(30)6-4-7-23(24)36-26(19)27(38)25-21(31)11-17(12-22(25)32)35-18-13-37(14-18)9-5-8-29/h1,4-5,7-8,12-13,18,20,28,34-35,38H,6,9-11,14-17H2,2H3;2*4,6-7,11-12,16,18,27,35-36H,3,5,8-10,13-15H2,1-2H3/t18-,28-,29+;2*16-,27-/m110/s1. The number of fused-ring (bicyclic) bond motifs is 9. The number of H-pyrrole nitrogens is 3. The monoisotopic (exact) mass is 1600 g/mol. The number of nitrogens with zero attached hydrogens (tertiary/aromatic N) is 6. The minimum Gasteiger partial charge on any atom is -0.392 e. The summed E-state index contributed by atoms with van der Waals surface area (Å²) in [5.74, 6) is -10.1. The lowest BCUT2D eigenvalue weighted by molar-refractivity contribution is -0.0554. The van der Waals surface area contributed by atoms with Gasteiger partial charge in [0.15, 0.2) is 0 Å². The van der Waals surface area contributed by atoms with Crippen molar-refractivity contribution in [1.29, 1.82) is 0 Å². The molecule has 6 aliphatic heterocycles. The Kier molecular flexibility index (Phi) is 25.4. The molecule has 114 heavy (non-hydrogen) atoms. The van der Waals surface area contributed by atoms with Crippen LogP contribution in [0.3, 0.4) is 0 Å². The average Bonchev–Trinajstić information content (AvgIpc) is 1.56. The molecule has 0 saturated carbocycles. The number of benzene rings is 6. The molecule has 614 valence electrons. The van der Waals surface area contributed by atoms with Crippen molar-refractivity contribution < 1.29 is 75.4 Å². The van der Waals surface area contributed by atoms with E-state index in [1.165, 1.54) is 84.3 Å². The highest BCUT2D eigenvalue weighted by Crippen LogP contribution is 2.49. The van der Waals surface area contributed by atoms with E-state index in [4.69, 9.17) is 6.42 Å². The van der Waals surface area contributed by atoms with Crippen LogP contribution in [0.15, 0.2) is 97.1 Å². The molecule has 6 aromatic carbocycles. The molecule has 15 rings (SSSR count). The first-order valence-corrected chi connectivity index (χ1v) is 39.1. The van der Waals surface area contributed by atoms with Crippen molar-refractivity contribution in [3.63, 3.8) is 0 Å². The van der Waals surface area contributed by atoms with Gasteiger partial charge >= 0.3 is 0 Å². The predicted octanol–water partition coefficient (Wildman–Crippen LogP) is 17.4. The fraction of sp³-hybridized carbons (Fsp3) is 0.482. The Bertz CT molecular complexity index is 4640. The zero-order valence-corrected chi connectivity index (χ0v) is 64.2. The lowest BCUT2D eigenvalue weighted by Gasteiger charge is -2.43. The molecule has 0 spiro atoms. The van der Waals surface area contributed by atoms with E-state index in [0.717, 1.165) is 16.5 Å². The van der Waals surface area contributed by atoms with Gasteiger partial charge in [0.2, 0.25) is 5.67 Å². The van der Waals surface area contributed by atoms with E-state index >= 15 is 30.7 Å². The van der Waals surface area contributed by atoms with Gasteiger partial charge in [0.25, 0.3) is 11.8 Å². The van der Waals surface area contributed by atoms with E-state index < -0.39 is 147 Å². The number of aromatic nitrogens is 3. The van der Waals surface area contributed by atoms with Crippen molar-refractivity contribution in [2.75, 3.05) is 121 Å². The molecule has 0 radical (unpaired) electrons. The fourth-order valence-corrected chi connectivity index (χ4v) is 17.4. The normalized spacial score (nSPS) is 21.4.